The molecule has 2 rings (SSSR count). The van der Waals surface area contributed by atoms with E-state index >= 15 is 0 Å². The monoisotopic (exact) mass is 402 g/mol. The van der Waals surface area contributed by atoms with E-state index in [0.717, 1.165) is 11.1 Å². The van der Waals surface area contributed by atoms with Crippen LogP contribution < -0.4 is 4.74 Å². The van der Waals surface area contributed by atoms with Crippen molar-refractivity contribution in [1.29, 1.82) is 5.26 Å². The Labute approximate surface area is 172 Å². The van der Waals surface area contributed by atoms with Crippen molar-refractivity contribution in [1.82, 2.24) is 4.90 Å². The number of hydrogen-bond acceptors (Lipinski definition) is 5. The minimum Gasteiger partial charge on any atom is -0.491 e. The minimum atomic E-state index is -1.02. The summed E-state index contributed by atoms with van der Waals surface area (Å²) in [5, 5.41) is 19.2. The first-order valence-corrected chi connectivity index (χ1v) is 9.79. The van der Waals surface area contributed by atoms with Gasteiger partial charge in [-0.3, -0.25) is 9.69 Å². The van der Waals surface area contributed by atoms with Crippen molar-refractivity contribution in [3.8, 4) is 11.8 Å². The van der Waals surface area contributed by atoms with Crippen LogP contribution in [0.15, 0.2) is 12.1 Å². The molecule has 1 atom stereocenters. The number of nitriles is 1. The molecule has 0 aromatic heterocycles. The Morgan fingerprint density at radius 1 is 1.24 bits per heavy atom. The predicted octanol–water partition coefficient (Wildman–Crippen LogP) is 3.77. The summed E-state index contributed by atoms with van der Waals surface area (Å²) in [7, 11) is 0. The zero-order valence-electron chi connectivity index (χ0n) is 18.0. The lowest BCUT2D eigenvalue weighted by molar-refractivity contribution is -0.147. The SMILES string of the molecule is CCOC(=O)C1Cc2cc(OCC(C)(C)N(C(=O)O)C(C)(C)C)cc(C#N)c2C1. The molecule has 1 aromatic carbocycles. The fourth-order valence-electron chi connectivity index (χ4n) is 4.10. The molecule has 1 unspecified atom stereocenters. The average molecular weight is 402 g/mol. The molecule has 29 heavy (non-hydrogen) atoms. The smallest absolute Gasteiger partial charge is 0.408 e. The van der Waals surface area contributed by atoms with E-state index in [0.29, 0.717) is 30.8 Å². The molecule has 1 amide bonds. The van der Waals surface area contributed by atoms with Crippen LogP contribution in [-0.4, -0.2) is 46.4 Å². The summed E-state index contributed by atoms with van der Waals surface area (Å²) >= 11 is 0. The molecule has 158 valence electrons. The molecule has 0 spiro atoms. The second-order valence-corrected chi connectivity index (χ2v) is 8.97. The van der Waals surface area contributed by atoms with Gasteiger partial charge in [-0.2, -0.15) is 5.26 Å². The summed E-state index contributed by atoms with van der Waals surface area (Å²) < 4.78 is 11.1. The summed E-state index contributed by atoms with van der Waals surface area (Å²) in [4.78, 5) is 25.3. The van der Waals surface area contributed by atoms with Crippen LogP contribution in [0.4, 0.5) is 4.79 Å². The number of nitrogens with zero attached hydrogens (tertiary/aromatic N) is 2. The average Bonchev–Trinajstić information content (AvgIpc) is 3.01. The van der Waals surface area contributed by atoms with Crippen LogP contribution in [0.3, 0.4) is 0 Å². The van der Waals surface area contributed by atoms with Crippen LogP contribution in [0.5, 0.6) is 5.75 Å². The highest BCUT2D eigenvalue weighted by Gasteiger charge is 2.39. The first kappa shape index (κ1) is 22.5. The largest absolute Gasteiger partial charge is 0.491 e. The molecule has 1 aliphatic carbocycles. The first-order valence-electron chi connectivity index (χ1n) is 9.79. The minimum absolute atomic E-state index is 0.127. The summed E-state index contributed by atoms with van der Waals surface area (Å²) in [6.07, 6.45) is -0.0261. The Morgan fingerprint density at radius 2 is 1.90 bits per heavy atom. The molecule has 1 N–H and O–H groups in total. The highest BCUT2D eigenvalue weighted by Crippen LogP contribution is 2.34. The Bertz CT molecular complexity index is 833. The van der Waals surface area contributed by atoms with Crippen molar-refractivity contribution < 1.29 is 24.2 Å². The van der Waals surface area contributed by atoms with Crippen LogP contribution in [0.1, 0.15) is 58.2 Å². The number of esters is 1. The third kappa shape index (κ3) is 5.00. The van der Waals surface area contributed by atoms with Crippen LogP contribution in [-0.2, 0) is 22.4 Å². The Morgan fingerprint density at radius 3 is 2.41 bits per heavy atom. The maximum Gasteiger partial charge on any atom is 0.408 e. The second-order valence-electron chi connectivity index (χ2n) is 8.97. The number of ether oxygens (including phenoxy) is 2. The van der Waals surface area contributed by atoms with Crippen LogP contribution in [0.2, 0.25) is 0 Å². The van der Waals surface area contributed by atoms with E-state index in [1.807, 2.05) is 40.7 Å². The highest BCUT2D eigenvalue weighted by molar-refractivity contribution is 5.75. The van der Waals surface area contributed by atoms with Crippen molar-refractivity contribution in [2.24, 2.45) is 5.92 Å². The van der Waals surface area contributed by atoms with Gasteiger partial charge in [0.05, 0.1) is 29.7 Å². The fraction of sp³-hybridized carbons (Fsp3) is 0.591. The van der Waals surface area contributed by atoms with Crippen molar-refractivity contribution in [3.05, 3.63) is 28.8 Å². The molecule has 0 aliphatic heterocycles. The fourth-order valence-corrected chi connectivity index (χ4v) is 4.10. The topological polar surface area (TPSA) is 99.9 Å². The summed E-state index contributed by atoms with van der Waals surface area (Å²) in [6.45, 7) is 11.3. The molecular formula is C22H30N2O5. The Hall–Kier alpha value is -2.75. The van der Waals surface area contributed by atoms with Gasteiger partial charge in [0.15, 0.2) is 0 Å². The highest BCUT2D eigenvalue weighted by atomic mass is 16.5. The third-order valence-electron chi connectivity index (χ3n) is 5.03. The van der Waals surface area contributed by atoms with Crippen molar-refractivity contribution in [2.75, 3.05) is 13.2 Å². The van der Waals surface area contributed by atoms with Gasteiger partial charge in [-0.15, -0.1) is 0 Å². The van der Waals surface area contributed by atoms with E-state index in [1.165, 1.54) is 4.90 Å². The van der Waals surface area contributed by atoms with Gasteiger partial charge < -0.3 is 14.6 Å². The van der Waals surface area contributed by atoms with Crippen LogP contribution >= 0.6 is 0 Å². The molecule has 7 nitrogen and oxygen atoms in total. The molecule has 7 heteroatoms. The van der Waals surface area contributed by atoms with Crippen molar-refractivity contribution in [2.45, 2.75) is 65.5 Å². The maximum atomic E-state index is 12.1. The third-order valence-corrected chi connectivity index (χ3v) is 5.03. The van der Waals surface area contributed by atoms with E-state index in [4.69, 9.17) is 9.47 Å². The second kappa shape index (κ2) is 8.32. The lowest BCUT2D eigenvalue weighted by atomic mass is 9.96. The Balaban J connectivity index is 2.22. The first-order chi connectivity index (χ1) is 13.4. The molecule has 0 heterocycles. The predicted molar refractivity (Wildman–Crippen MR) is 108 cm³/mol. The number of rotatable bonds is 6. The number of hydrogen-bond donors (Lipinski definition) is 1. The lowest BCUT2D eigenvalue weighted by Crippen LogP contribution is -2.59. The van der Waals surface area contributed by atoms with Crippen LogP contribution in [0, 0.1) is 17.2 Å². The molecule has 1 aliphatic rings. The number of benzene rings is 1. The number of carboxylic acid groups (broad SMARTS) is 1. The summed E-state index contributed by atoms with van der Waals surface area (Å²) in [5.41, 5.74) is 0.859. The van der Waals surface area contributed by atoms with Gasteiger partial charge in [-0.05, 0) is 77.6 Å². The van der Waals surface area contributed by atoms with Gasteiger partial charge in [0, 0.05) is 5.54 Å². The van der Waals surface area contributed by atoms with E-state index in [-0.39, 0.29) is 18.5 Å². The maximum absolute atomic E-state index is 12.1. The van der Waals surface area contributed by atoms with Crippen molar-refractivity contribution in [3.63, 3.8) is 0 Å². The van der Waals surface area contributed by atoms with E-state index < -0.39 is 17.2 Å². The van der Waals surface area contributed by atoms with Crippen molar-refractivity contribution >= 4 is 12.1 Å². The quantitative estimate of drug-likeness (QED) is 0.727. The zero-order valence-corrected chi connectivity index (χ0v) is 18.0. The van der Waals surface area contributed by atoms with Crippen LogP contribution in [0.25, 0.3) is 0 Å². The standard InChI is InChI=1S/C22H30N2O5/c1-7-28-19(25)15-8-14-9-17(10-16(12-23)18(14)11-15)29-13-22(5,6)24(20(26)27)21(2,3)4/h9-10,15H,7-8,11,13H2,1-6H3,(H,26,27). The van der Waals surface area contributed by atoms with Gasteiger partial charge in [-0.1, -0.05) is 0 Å². The Kier molecular flexibility index (Phi) is 6.46. The van der Waals surface area contributed by atoms with Gasteiger partial charge in [-0.25, -0.2) is 4.79 Å². The van der Waals surface area contributed by atoms with Gasteiger partial charge in [0.1, 0.15) is 12.4 Å². The molecule has 0 saturated heterocycles. The van der Waals surface area contributed by atoms with E-state index in [1.54, 1.807) is 13.0 Å². The van der Waals surface area contributed by atoms with Gasteiger partial charge >= 0.3 is 12.1 Å². The van der Waals surface area contributed by atoms with E-state index in [9.17, 15) is 20.0 Å². The molecule has 0 saturated carbocycles. The molecule has 0 bridgehead atoms. The number of carbonyl (C=O) groups is 2. The summed E-state index contributed by atoms with van der Waals surface area (Å²) in [5.74, 6) is -0.0391. The molecule has 1 aromatic rings. The number of carbonyl (C=O) groups excluding carboxylic acids is 1. The number of fused-ring (bicyclic) bond motifs is 1. The molecule has 0 radical (unpaired) electrons. The molecular weight excluding hydrogens is 372 g/mol. The number of amides is 1. The van der Waals surface area contributed by atoms with Gasteiger partial charge in [0.2, 0.25) is 0 Å². The summed E-state index contributed by atoms with van der Waals surface area (Å²) in [6, 6.07) is 5.68. The zero-order chi connectivity index (χ0) is 22.0. The lowest BCUT2D eigenvalue weighted by Gasteiger charge is -2.44. The molecule has 0 fully saturated rings. The van der Waals surface area contributed by atoms with E-state index in [2.05, 4.69) is 6.07 Å². The normalized spacial score (nSPS) is 16.0. The van der Waals surface area contributed by atoms with Gasteiger partial charge in [0.25, 0.3) is 0 Å².